The molecule has 0 unspecified atom stereocenters. The Bertz CT molecular complexity index is 1210. The van der Waals surface area contributed by atoms with Crippen molar-refractivity contribution >= 4 is 28.1 Å². The lowest BCUT2D eigenvalue weighted by atomic mass is 10.2. The number of aromatic nitrogens is 2. The van der Waals surface area contributed by atoms with Gasteiger partial charge in [0, 0.05) is 5.69 Å². The van der Waals surface area contributed by atoms with Gasteiger partial charge in [-0.25, -0.2) is 4.98 Å². The van der Waals surface area contributed by atoms with Crippen LogP contribution in [0.25, 0.3) is 16.6 Å². The number of nitrogens with one attached hydrogen (secondary N) is 2. The lowest BCUT2D eigenvalue weighted by Crippen LogP contribution is -2.26. The van der Waals surface area contributed by atoms with Gasteiger partial charge in [0.15, 0.2) is 0 Å². The second kappa shape index (κ2) is 7.40. The zero-order valence-corrected chi connectivity index (χ0v) is 16.2. The van der Waals surface area contributed by atoms with Crippen molar-refractivity contribution in [2.24, 2.45) is 0 Å². The first-order valence-electron chi connectivity index (χ1n) is 9.69. The van der Waals surface area contributed by atoms with Gasteiger partial charge in [-0.1, -0.05) is 42.5 Å². The Morgan fingerprint density at radius 3 is 2.47 bits per heavy atom. The van der Waals surface area contributed by atoms with Gasteiger partial charge < -0.3 is 19.7 Å². The molecular formula is C24H20N4O2. The number of anilines is 1. The van der Waals surface area contributed by atoms with Crippen LogP contribution >= 0.6 is 0 Å². The highest BCUT2D eigenvalue weighted by Crippen LogP contribution is 2.31. The summed E-state index contributed by atoms with van der Waals surface area (Å²) in [6.07, 6.45) is 0. The average Bonchev–Trinajstić information content (AvgIpc) is 3.33. The Kier molecular flexibility index (Phi) is 4.44. The molecule has 0 amide bonds. The molecule has 1 aliphatic rings. The Morgan fingerprint density at radius 2 is 1.70 bits per heavy atom. The van der Waals surface area contributed by atoms with Gasteiger partial charge in [0.05, 0.1) is 23.2 Å². The summed E-state index contributed by atoms with van der Waals surface area (Å²) >= 11 is 0. The first-order valence-corrected chi connectivity index (χ1v) is 9.69. The standard InChI is InChI=1S/C24H20N4O2/c25-23-22(24-26-19-8-4-5-9-20(19)27-24)21(29)14-28(23)17-10-12-18(13-11-17)30-15-16-6-2-1-3-7-16/h1-13,25,29H,14-15H2,(H,26,27). The predicted molar refractivity (Wildman–Crippen MR) is 118 cm³/mol. The number of aliphatic hydroxyl groups excluding tert-OH is 1. The lowest BCUT2D eigenvalue weighted by Gasteiger charge is -2.19. The minimum absolute atomic E-state index is 0.128. The number of H-pyrrole nitrogens is 1. The minimum atomic E-state index is 0.128. The second-order valence-corrected chi connectivity index (χ2v) is 7.13. The van der Waals surface area contributed by atoms with Crippen LogP contribution in [0.1, 0.15) is 11.4 Å². The molecular weight excluding hydrogens is 376 g/mol. The van der Waals surface area contributed by atoms with Crippen LogP contribution in [0.3, 0.4) is 0 Å². The van der Waals surface area contributed by atoms with Crippen molar-refractivity contribution in [3.05, 3.63) is 96.0 Å². The molecule has 0 fully saturated rings. The molecule has 0 saturated heterocycles. The highest BCUT2D eigenvalue weighted by atomic mass is 16.5. The maximum atomic E-state index is 10.5. The summed E-state index contributed by atoms with van der Waals surface area (Å²) in [7, 11) is 0. The molecule has 5 rings (SSSR count). The molecule has 3 aromatic carbocycles. The maximum absolute atomic E-state index is 10.5. The van der Waals surface area contributed by atoms with E-state index in [0.717, 1.165) is 28.0 Å². The van der Waals surface area contributed by atoms with Crippen molar-refractivity contribution in [1.29, 1.82) is 5.41 Å². The van der Waals surface area contributed by atoms with Gasteiger partial charge in [-0.2, -0.15) is 0 Å². The van der Waals surface area contributed by atoms with Gasteiger partial charge in [0.1, 0.15) is 29.8 Å². The van der Waals surface area contributed by atoms with Crippen LogP contribution in [0.4, 0.5) is 5.69 Å². The fourth-order valence-corrected chi connectivity index (χ4v) is 3.58. The van der Waals surface area contributed by atoms with E-state index in [2.05, 4.69) is 9.97 Å². The monoisotopic (exact) mass is 396 g/mol. The molecule has 0 saturated carbocycles. The maximum Gasteiger partial charge on any atom is 0.145 e. The highest BCUT2D eigenvalue weighted by molar-refractivity contribution is 6.30. The molecule has 0 spiro atoms. The number of ether oxygens (including phenoxy) is 1. The van der Waals surface area contributed by atoms with Crippen molar-refractivity contribution in [2.45, 2.75) is 6.61 Å². The Balaban J connectivity index is 1.32. The first-order chi connectivity index (χ1) is 14.7. The molecule has 6 heteroatoms. The molecule has 0 bridgehead atoms. The smallest absolute Gasteiger partial charge is 0.145 e. The molecule has 30 heavy (non-hydrogen) atoms. The van der Waals surface area contributed by atoms with E-state index in [1.54, 1.807) is 4.90 Å². The van der Waals surface area contributed by atoms with E-state index in [9.17, 15) is 5.11 Å². The van der Waals surface area contributed by atoms with Crippen LogP contribution in [-0.2, 0) is 6.61 Å². The highest BCUT2D eigenvalue weighted by Gasteiger charge is 2.31. The van der Waals surface area contributed by atoms with Gasteiger partial charge >= 0.3 is 0 Å². The van der Waals surface area contributed by atoms with E-state index < -0.39 is 0 Å². The number of amidine groups is 1. The summed E-state index contributed by atoms with van der Waals surface area (Å²) in [6.45, 7) is 0.730. The average molecular weight is 396 g/mol. The van der Waals surface area contributed by atoms with Crippen molar-refractivity contribution in [3.63, 3.8) is 0 Å². The molecule has 0 aliphatic carbocycles. The van der Waals surface area contributed by atoms with Crippen LogP contribution in [-0.4, -0.2) is 27.5 Å². The topological polar surface area (TPSA) is 85.2 Å². The molecule has 6 nitrogen and oxygen atoms in total. The van der Waals surface area contributed by atoms with E-state index in [0.29, 0.717) is 18.0 Å². The van der Waals surface area contributed by atoms with Gasteiger partial charge in [0.25, 0.3) is 0 Å². The number of aliphatic hydroxyl groups is 1. The molecule has 0 radical (unpaired) electrons. The summed E-state index contributed by atoms with van der Waals surface area (Å²) in [5.74, 6) is 1.60. The Morgan fingerprint density at radius 1 is 0.967 bits per heavy atom. The van der Waals surface area contributed by atoms with E-state index in [1.165, 1.54) is 0 Å². The summed E-state index contributed by atoms with van der Waals surface area (Å²) < 4.78 is 5.83. The van der Waals surface area contributed by atoms with Crippen LogP contribution < -0.4 is 9.64 Å². The molecule has 148 valence electrons. The van der Waals surface area contributed by atoms with Gasteiger partial charge in [-0.15, -0.1) is 0 Å². The third-order valence-corrected chi connectivity index (χ3v) is 5.13. The number of rotatable bonds is 5. The number of hydrogen-bond donors (Lipinski definition) is 3. The number of fused-ring (bicyclic) bond motifs is 1. The van der Waals surface area contributed by atoms with E-state index in [4.69, 9.17) is 10.1 Å². The van der Waals surface area contributed by atoms with Crippen molar-refractivity contribution in [1.82, 2.24) is 9.97 Å². The van der Waals surface area contributed by atoms with E-state index in [1.807, 2.05) is 78.9 Å². The van der Waals surface area contributed by atoms with Crippen LogP contribution in [0.2, 0.25) is 0 Å². The quantitative estimate of drug-likeness (QED) is 0.447. The van der Waals surface area contributed by atoms with Gasteiger partial charge in [0.2, 0.25) is 0 Å². The number of benzene rings is 3. The molecule has 2 heterocycles. The summed E-state index contributed by atoms with van der Waals surface area (Å²) in [5, 5.41) is 19.2. The van der Waals surface area contributed by atoms with Gasteiger partial charge in [-0.3, -0.25) is 5.41 Å². The van der Waals surface area contributed by atoms with Crippen molar-refractivity contribution in [2.75, 3.05) is 11.4 Å². The number of aromatic amines is 1. The van der Waals surface area contributed by atoms with Crippen LogP contribution in [0, 0.1) is 5.41 Å². The minimum Gasteiger partial charge on any atom is -0.509 e. The number of nitrogens with zero attached hydrogens (tertiary/aromatic N) is 2. The summed E-state index contributed by atoms with van der Waals surface area (Å²) in [6, 6.07) is 25.2. The Labute approximate surface area is 173 Å². The zero-order valence-electron chi connectivity index (χ0n) is 16.2. The molecule has 3 N–H and O–H groups in total. The Hall–Kier alpha value is -4.06. The van der Waals surface area contributed by atoms with Crippen LogP contribution in [0.5, 0.6) is 5.75 Å². The van der Waals surface area contributed by atoms with Crippen molar-refractivity contribution < 1.29 is 9.84 Å². The SMILES string of the molecule is N=C1C(c2nc3ccccc3[nH]2)=C(O)CN1c1ccc(OCc2ccccc2)cc1. The number of imidazole rings is 1. The zero-order chi connectivity index (χ0) is 20.5. The summed E-state index contributed by atoms with van der Waals surface area (Å²) in [4.78, 5) is 9.47. The number of para-hydroxylation sites is 2. The summed E-state index contributed by atoms with van der Waals surface area (Å²) in [5.41, 5.74) is 4.02. The second-order valence-electron chi connectivity index (χ2n) is 7.13. The number of hydrogen-bond acceptors (Lipinski definition) is 4. The molecule has 1 aromatic heterocycles. The first kappa shape index (κ1) is 18.0. The van der Waals surface area contributed by atoms with E-state index >= 15 is 0 Å². The van der Waals surface area contributed by atoms with Gasteiger partial charge in [-0.05, 0) is 42.0 Å². The largest absolute Gasteiger partial charge is 0.509 e. The van der Waals surface area contributed by atoms with Crippen molar-refractivity contribution in [3.8, 4) is 5.75 Å². The fraction of sp³-hybridized carbons (Fsp3) is 0.0833. The third kappa shape index (κ3) is 3.28. The molecule has 4 aromatic rings. The third-order valence-electron chi connectivity index (χ3n) is 5.13. The van der Waals surface area contributed by atoms with Crippen LogP contribution in [0.15, 0.2) is 84.6 Å². The predicted octanol–water partition coefficient (Wildman–Crippen LogP) is 4.91. The molecule has 1 aliphatic heterocycles. The fourth-order valence-electron chi connectivity index (χ4n) is 3.58. The normalized spacial score (nSPS) is 14.0. The van der Waals surface area contributed by atoms with E-state index in [-0.39, 0.29) is 18.1 Å². The lowest BCUT2D eigenvalue weighted by molar-refractivity contribution is 0.306. The molecule has 0 atom stereocenters.